The van der Waals surface area contributed by atoms with Crippen LogP contribution in [-0.4, -0.2) is 37.6 Å². The van der Waals surface area contributed by atoms with Crippen molar-refractivity contribution in [3.05, 3.63) is 0 Å². The van der Waals surface area contributed by atoms with Gasteiger partial charge in [0.2, 0.25) is 0 Å². The van der Waals surface area contributed by atoms with Gasteiger partial charge >= 0.3 is 0 Å². The third-order valence-electron chi connectivity index (χ3n) is 5.39. The van der Waals surface area contributed by atoms with Gasteiger partial charge in [0.15, 0.2) is 0 Å². The van der Waals surface area contributed by atoms with Crippen LogP contribution in [0.1, 0.15) is 52.9 Å². The molecule has 1 heterocycles. The minimum Gasteiger partial charge on any atom is -0.316 e. The Balaban J connectivity index is 1.88. The molecule has 0 radical (unpaired) electrons. The van der Waals surface area contributed by atoms with Crippen LogP contribution in [0, 0.1) is 17.3 Å². The Labute approximate surface area is 114 Å². The van der Waals surface area contributed by atoms with E-state index in [0.717, 1.165) is 18.4 Å². The number of rotatable bonds is 5. The number of nitrogens with zero attached hydrogens (tertiary/aromatic N) is 1. The number of hydrogen-bond donors (Lipinski definition) is 1. The molecule has 2 nitrogen and oxygen atoms in total. The van der Waals surface area contributed by atoms with E-state index in [9.17, 15) is 0 Å². The van der Waals surface area contributed by atoms with E-state index < -0.39 is 0 Å². The van der Waals surface area contributed by atoms with Crippen LogP contribution < -0.4 is 5.32 Å². The second-order valence-corrected chi connectivity index (χ2v) is 6.97. The topological polar surface area (TPSA) is 15.3 Å². The first-order chi connectivity index (χ1) is 8.65. The van der Waals surface area contributed by atoms with Gasteiger partial charge in [-0.15, -0.1) is 0 Å². The van der Waals surface area contributed by atoms with E-state index in [1.807, 2.05) is 0 Å². The molecule has 2 unspecified atom stereocenters. The lowest BCUT2D eigenvalue weighted by atomic mass is 9.82. The predicted octanol–water partition coefficient (Wildman–Crippen LogP) is 3.13. The van der Waals surface area contributed by atoms with Gasteiger partial charge in [-0.25, -0.2) is 0 Å². The van der Waals surface area contributed by atoms with Crippen LogP contribution in [-0.2, 0) is 0 Å². The fraction of sp³-hybridized carbons (Fsp3) is 1.00. The van der Waals surface area contributed by atoms with Crippen molar-refractivity contribution in [2.75, 3.05) is 32.7 Å². The molecule has 2 heteroatoms. The van der Waals surface area contributed by atoms with Gasteiger partial charge in [0.05, 0.1) is 0 Å². The largest absolute Gasteiger partial charge is 0.316 e. The molecule has 0 amide bonds. The zero-order valence-corrected chi connectivity index (χ0v) is 12.7. The zero-order chi connectivity index (χ0) is 13.0. The van der Waals surface area contributed by atoms with Crippen LogP contribution in [0.2, 0.25) is 0 Å². The Morgan fingerprint density at radius 3 is 2.50 bits per heavy atom. The van der Waals surface area contributed by atoms with E-state index in [1.54, 1.807) is 0 Å². The Kier molecular flexibility index (Phi) is 5.08. The molecule has 1 saturated carbocycles. The van der Waals surface area contributed by atoms with Crippen LogP contribution in [0.25, 0.3) is 0 Å². The smallest absolute Gasteiger partial charge is 0.00503 e. The van der Waals surface area contributed by atoms with E-state index >= 15 is 0 Å². The van der Waals surface area contributed by atoms with Gasteiger partial charge in [0, 0.05) is 19.6 Å². The number of nitrogens with one attached hydrogen (secondary N) is 1. The molecule has 0 aromatic rings. The minimum absolute atomic E-state index is 0.594. The second-order valence-electron chi connectivity index (χ2n) is 6.97. The SMILES string of the molecule is CCNCC1(CN2CCC(C)C(C)C2)CCCC1. The highest BCUT2D eigenvalue weighted by atomic mass is 15.1. The molecule has 106 valence electrons. The Bertz CT molecular complexity index is 245. The van der Waals surface area contributed by atoms with E-state index in [0.29, 0.717) is 5.41 Å². The first-order valence-electron chi connectivity index (χ1n) is 8.08. The predicted molar refractivity (Wildman–Crippen MR) is 78.8 cm³/mol. The van der Waals surface area contributed by atoms with Crippen molar-refractivity contribution in [1.29, 1.82) is 0 Å². The summed E-state index contributed by atoms with van der Waals surface area (Å²) >= 11 is 0. The van der Waals surface area contributed by atoms with E-state index in [1.165, 1.54) is 58.3 Å². The van der Waals surface area contributed by atoms with E-state index in [-0.39, 0.29) is 0 Å². The quantitative estimate of drug-likeness (QED) is 0.808. The van der Waals surface area contributed by atoms with Crippen molar-refractivity contribution in [2.45, 2.75) is 52.9 Å². The standard InChI is InChI=1S/C16H32N2/c1-4-17-12-16(8-5-6-9-16)13-18-10-7-14(2)15(3)11-18/h14-15,17H,4-13H2,1-3H3. The van der Waals surface area contributed by atoms with Crippen LogP contribution in [0.5, 0.6) is 0 Å². The first kappa shape index (κ1) is 14.3. The lowest BCUT2D eigenvalue weighted by Crippen LogP contribution is -2.47. The van der Waals surface area contributed by atoms with Crippen molar-refractivity contribution in [3.63, 3.8) is 0 Å². The second kappa shape index (κ2) is 6.38. The summed E-state index contributed by atoms with van der Waals surface area (Å²) in [7, 11) is 0. The highest BCUT2D eigenvalue weighted by Crippen LogP contribution is 2.39. The summed E-state index contributed by atoms with van der Waals surface area (Å²) in [6, 6.07) is 0. The molecule has 18 heavy (non-hydrogen) atoms. The Hall–Kier alpha value is -0.0800. The first-order valence-corrected chi connectivity index (χ1v) is 8.08. The van der Waals surface area contributed by atoms with Gasteiger partial charge in [-0.2, -0.15) is 0 Å². The fourth-order valence-electron chi connectivity index (χ4n) is 3.87. The lowest BCUT2D eigenvalue weighted by molar-refractivity contribution is 0.0838. The molecule has 0 spiro atoms. The third kappa shape index (κ3) is 3.48. The summed E-state index contributed by atoms with van der Waals surface area (Å²) in [5, 5.41) is 3.61. The molecule has 2 rings (SSSR count). The zero-order valence-electron chi connectivity index (χ0n) is 12.7. The fourth-order valence-corrected chi connectivity index (χ4v) is 3.87. The highest BCUT2D eigenvalue weighted by Gasteiger charge is 2.36. The summed E-state index contributed by atoms with van der Waals surface area (Å²) in [4.78, 5) is 2.76. The van der Waals surface area contributed by atoms with Crippen LogP contribution in [0.3, 0.4) is 0 Å². The molecule has 2 atom stereocenters. The van der Waals surface area contributed by atoms with Crippen molar-refractivity contribution in [1.82, 2.24) is 10.2 Å². The molecule has 0 aromatic carbocycles. The van der Waals surface area contributed by atoms with Crippen LogP contribution in [0.15, 0.2) is 0 Å². The molecule has 2 aliphatic rings. The molecule has 1 N–H and O–H groups in total. The highest BCUT2D eigenvalue weighted by molar-refractivity contribution is 4.90. The van der Waals surface area contributed by atoms with Crippen molar-refractivity contribution >= 4 is 0 Å². The number of piperidine rings is 1. The third-order valence-corrected chi connectivity index (χ3v) is 5.39. The maximum Gasteiger partial charge on any atom is 0.00503 e. The maximum absolute atomic E-state index is 3.61. The van der Waals surface area contributed by atoms with Crippen LogP contribution in [0.4, 0.5) is 0 Å². The van der Waals surface area contributed by atoms with Crippen LogP contribution >= 0.6 is 0 Å². The van der Waals surface area contributed by atoms with Gasteiger partial charge in [-0.1, -0.05) is 33.6 Å². The van der Waals surface area contributed by atoms with Gasteiger partial charge in [0.1, 0.15) is 0 Å². The molecule has 0 aromatic heterocycles. The Morgan fingerprint density at radius 2 is 1.89 bits per heavy atom. The summed E-state index contributed by atoms with van der Waals surface area (Å²) in [5.74, 6) is 1.81. The van der Waals surface area contributed by atoms with E-state index in [4.69, 9.17) is 0 Å². The summed E-state index contributed by atoms with van der Waals surface area (Å²) in [5.41, 5.74) is 0.594. The summed E-state index contributed by atoms with van der Waals surface area (Å²) in [6.07, 6.45) is 7.19. The summed E-state index contributed by atoms with van der Waals surface area (Å²) in [6.45, 7) is 13.5. The molecular weight excluding hydrogens is 220 g/mol. The molecular formula is C16H32N2. The van der Waals surface area contributed by atoms with Crippen molar-refractivity contribution in [2.24, 2.45) is 17.3 Å². The molecule has 1 aliphatic carbocycles. The maximum atomic E-state index is 3.61. The van der Waals surface area contributed by atoms with Gasteiger partial charge in [0.25, 0.3) is 0 Å². The Morgan fingerprint density at radius 1 is 1.17 bits per heavy atom. The molecule has 2 fully saturated rings. The monoisotopic (exact) mass is 252 g/mol. The molecule has 1 saturated heterocycles. The number of hydrogen-bond acceptors (Lipinski definition) is 2. The summed E-state index contributed by atoms with van der Waals surface area (Å²) < 4.78 is 0. The average molecular weight is 252 g/mol. The normalized spacial score (nSPS) is 32.8. The number of likely N-dealkylation sites (tertiary alicyclic amines) is 1. The average Bonchev–Trinajstić information content (AvgIpc) is 2.80. The van der Waals surface area contributed by atoms with E-state index in [2.05, 4.69) is 31.0 Å². The van der Waals surface area contributed by atoms with Gasteiger partial charge in [-0.05, 0) is 49.6 Å². The lowest BCUT2D eigenvalue weighted by Gasteiger charge is -2.41. The molecule has 1 aliphatic heterocycles. The van der Waals surface area contributed by atoms with Crippen molar-refractivity contribution in [3.8, 4) is 0 Å². The minimum atomic E-state index is 0.594. The van der Waals surface area contributed by atoms with Gasteiger partial charge < -0.3 is 10.2 Å². The van der Waals surface area contributed by atoms with Gasteiger partial charge in [-0.3, -0.25) is 0 Å². The van der Waals surface area contributed by atoms with Crippen molar-refractivity contribution < 1.29 is 0 Å². The molecule has 0 bridgehead atoms.